The summed E-state index contributed by atoms with van der Waals surface area (Å²) >= 11 is 0.935. The highest BCUT2D eigenvalue weighted by atomic mass is 32.1. The second kappa shape index (κ2) is 2.66. The van der Waals surface area contributed by atoms with Crippen molar-refractivity contribution < 1.29 is 14.6 Å². The SMILES string of the molecule is CC(=O)Oc1cc(O)ns1. The van der Waals surface area contributed by atoms with E-state index < -0.39 is 5.97 Å². The van der Waals surface area contributed by atoms with E-state index in [4.69, 9.17) is 5.11 Å². The first-order valence-electron chi connectivity index (χ1n) is 2.52. The molecule has 1 N–H and O–H groups in total. The van der Waals surface area contributed by atoms with E-state index in [1.807, 2.05) is 0 Å². The summed E-state index contributed by atoms with van der Waals surface area (Å²) in [4.78, 5) is 10.3. The lowest BCUT2D eigenvalue weighted by Gasteiger charge is -1.90. The molecule has 0 saturated heterocycles. The van der Waals surface area contributed by atoms with E-state index in [1.54, 1.807) is 0 Å². The number of carbonyl (C=O) groups is 1. The highest BCUT2D eigenvalue weighted by Crippen LogP contribution is 2.22. The summed E-state index contributed by atoms with van der Waals surface area (Å²) in [7, 11) is 0. The summed E-state index contributed by atoms with van der Waals surface area (Å²) in [6, 6.07) is 1.28. The van der Waals surface area contributed by atoms with Gasteiger partial charge in [-0.25, -0.2) is 0 Å². The molecule has 0 unspecified atom stereocenters. The Balaban J connectivity index is 2.67. The Morgan fingerprint density at radius 3 is 3.00 bits per heavy atom. The minimum Gasteiger partial charge on any atom is -0.493 e. The fourth-order valence-corrected chi connectivity index (χ4v) is 0.989. The van der Waals surface area contributed by atoms with Crippen LogP contribution in [-0.2, 0) is 4.79 Å². The van der Waals surface area contributed by atoms with Crippen molar-refractivity contribution in [3.8, 4) is 10.9 Å². The Morgan fingerprint density at radius 1 is 1.90 bits per heavy atom. The molecule has 0 fully saturated rings. The third kappa shape index (κ3) is 1.70. The molecule has 10 heavy (non-hydrogen) atoms. The minimum atomic E-state index is -0.413. The molecule has 1 aromatic heterocycles. The van der Waals surface area contributed by atoms with Gasteiger partial charge in [-0.15, -0.1) is 0 Å². The molecule has 5 heteroatoms. The average molecular weight is 159 g/mol. The van der Waals surface area contributed by atoms with Gasteiger partial charge in [0.05, 0.1) is 6.07 Å². The molecule has 0 amide bonds. The summed E-state index contributed by atoms with van der Waals surface area (Å²) in [6.45, 7) is 1.29. The zero-order valence-corrected chi connectivity index (χ0v) is 6.01. The Labute approximate surface area is 61.2 Å². The zero-order chi connectivity index (χ0) is 7.56. The Hall–Kier alpha value is -1.10. The van der Waals surface area contributed by atoms with Gasteiger partial charge in [0.2, 0.25) is 10.9 Å². The van der Waals surface area contributed by atoms with Crippen LogP contribution in [0.2, 0.25) is 0 Å². The second-order valence-electron chi connectivity index (χ2n) is 1.60. The fraction of sp³-hybridized carbons (Fsp3) is 0.200. The molecule has 1 rings (SSSR count). The minimum absolute atomic E-state index is 0.124. The topological polar surface area (TPSA) is 59.4 Å². The van der Waals surface area contributed by atoms with Gasteiger partial charge in [0.25, 0.3) is 0 Å². The molecule has 0 aromatic carbocycles. The maximum Gasteiger partial charge on any atom is 0.308 e. The number of nitrogens with zero attached hydrogens (tertiary/aromatic N) is 1. The van der Waals surface area contributed by atoms with Crippen LogP contribution in [-0.4, -0.2) is 15.4 Å². The number of hydrogen-bond donors (Lipinski definition) is 1. The second-order valence-corrected chi connectivity index (χ2v) is 2.37. The van der Waals surface area contributed by atoms with Gasteiger partial charge in [-0.1, -0.05) is 0 Å². The number of esters is 1. The Kier molecular flexibility index (Phi) is 1.86. The number of aromatic hydroxyl groups is 1. The Bertz CT molecular complexity index is 245. The van der Waals surface area contributed by atoms with Crippen molar-refractivity contribution in [3.05, 3.63) is 6.07 Å². The van der Waals surface area contributed by atoms with Crippen LogP contribution in [0.25, 0.3) is 0 Å². The molecular weight excluding hydrogens is 154 g/mol. The van der Waals surface area contributed by atoms with E-state index in [0.717, 1.165) is 11.5 Å². The van der Waals surface area contributed by atoms with Gasteiger partial charge >= 0.3 is 5.97 Å². The number of rotatable bonds is 1. The average Bonchev–Trinajstić information content (AvgIpc) is 2.13. The van der Waals surface area contributed by atoms with Crippen molar-refractivity contribution in [2.75, 3.05) is 0 Å². The molecule has 0 atom stereocenters. The largest absolute Gasteiger partial charge is 0.493 e. The van der Waals surface area contributed by atoms with E-state index >= 15 is 0 Å². The predicted molar refractivity (Wildman–Crippen MR) is 35.1 cm³/mol. The maximum absolute atomic E-state index is 10.3. The third-order valence-corrected chi connectivity index (χ3v) is 1.38. The van der Waals surface area contributed by atoms with Gasteiger partial charge in [-0.3, -0.25) is 4.79 Å². The molecule has 0 bridgehead atoms. The molecule has 4 nitrogen and oxygen atoms in total. The van der Waals surface area contributed by atoms with Gasteiger partial charge in [-0.05, 0) is 0 Å². The van der Waals surface area contributed by atoms with Crippen LogP contribution < -0.4 is 4.74 Å². The van der Waals surface area contributed by atoms with E-state index in [9.17, 15) is 4.79 Å². The summed E-state index contributed by atoms with van der Waals surface area (Å²) in [5.74, 6) is -0.537. The van der Waals surface area contributed by atoms with Crippen LogP contribution >= 0.6 is 11.5 Å². The van der Waals surface area contributed by atoms with Crippen molar-refractivity contribution in [3.63, 3.8) is 0 Å². The van der Waals surface area contributed by atoms with Crippen LogP contribution in [0, 0.1) is 0 Å². The molecular formula is C5H5NO3S. The molecule has 0 radical (unpaired) electrons. The molecule has 1 heterocycles. The molecule has 0 aliphatic carbocycles. The van der Waals surface area contributed by atoms with Crippen LogP contribution in [0.4, 0.5) is 0 Å². The lowest BCUT2D eigenvalue weighted by Crippen LogP contribution is -1.98. The fourth-order valence-electron chi connectivity index (χ4n) is 0.440. The summed E-state index contributed by atoms with van der Waals surface area (Å²) < 4.78 is 8.08. The third-order valence-electron chi connectivity index (χ3n) is 0.720. The van der Waals surface area contributed by atoms with Gasteiger partial charge in [0, 0.05) is 18.5 Å². The van der Waals surface area contributed by atoms with Crippen LogP contribution in [0.3, 0.4) is 0 Å². The number of carbonyl (C=O) groups excluding carboxylic acids is 1. The summed E-state index contributed by atoms with van der Waals surface area (Å²) in [6.07, 6.45) is 0. The smallest absolute Gasteiger partial charge is 0.308 e. The monoisotopic (exact) mass is 159 g/mol. The van der Waals surface area contributed by atoms with Crippen LogP contribution in [0.5, 0.6) is 10.9 Å². The van der Waals surface area contributed by atoms with Gasteiger partial charge in [-0.2, -0.15) is 4.37 Å². The van der Waals surface area contributed by atoms with E-state index in [1.165, 1.54) is 13.0 Å². The standard InChI is InChI=1S/C5H5NO3S/c1-3(7)9-5-2-4(8)6-10-5/h2H,1H3,(H,6,8). The van der Waals surface area contributed by atoms with Gasteiger partial charge in [0.1, 0.15) is 0 Å². The summed E-state index contributed by atoms with van der Waals surface area (Å²) in [5, 5.41) is 8.98. The van der Waals surface area contributed by atoms with E-state index in [-0.39, 0.29) is 5.88 Å². The first-order valence-corrected chi connectivity index (χ1v) is 3.30. The highest BCUT2D eigenvalue weighted by Gasteiger charge is 2.02. The lowest BCUT2D eigenvalue weighted by atomic mass is 10.7. The van der Waals surface area contributed by atoms with Gasteiger partial charge in [0.15, 0.2) is 0 Å². The normalized spacial score (nSPS) is 9.30. The van der Waals surface area contributed by atoms with E-state index in [2.05, 4.69) is 9.11 Å². The number of hydrogen-bond acceptors (Lipinski definition) is 5. The lowest BCUT2D eigenvalue weighted by molar-refractivity contribution is -0.131. The van der Waals surface area contributed by atoms with Crippen molar-refractivity contribution >= 4 is 17.5 Å². The summed E-state index contributed by atoms with van der Waals surface area (Å²) in [5.41, 5.74) is 0. The molecule has 54 valence electrons. The molecule has 0 saturated carbocycles. The maximum atomic E-state index is 10.3. The van der Waals surface area contributed by atoms with Crippen LogP contribution in [0.1, 0.15) is 6.92 Å². The van der Waals surface area contributed by atoms with Crippen molar-refractivity contribution in [2.24, 2.45) is 0 Å². The van der Waals surface area contributed by atoms with E-state index in [0.29, 0.717) is 5.06 Å². The van der Waals surface area contributed by atoms with Gasteiger partial charge < -0.3 is 9.84 Å². The first kappa shape index (κ1) is 7.01. The molecule has 0 spiro atoms. The van der Waals surface area contributed by atoms with Crippen molar-refractivity contribution in [1.82, 2.24) is 4.37 Å². The molecule has 1 aromatic rings. The number of aromatic nitrogens is 1. The highest BCUT2D eigenvalue weighted by molar-refractivity contribution is 7.07. The number of ether oxygens (including phenoxy) is 1. The Morgan fingerprint density at radius 2 is 2.60 bits per heavy atom. The molecule has 0 aliphatic rings. The van der Waals surface area contributed by atoms with Crippen molar-refractivity contribution in [1.29, 1.82) is 0 Å². The first-order chi connectivity index (χ1) is 4.68. The quantitative estimate of drug-likeness (QED) is 0.615. The predicted octanol–water partition coefficient (Wildman–Crippen LogP) is 0.774. The van der Waals surface area contributed by atoms with Crippen molar-refractivity contribution in [2.45, 2.75) is 6.92 Å². The van der Waals surface area contributed by atoms with Crippen LogP contribution in [0.15, 0.2) is 6.07 Å². The zero-order valence-electron chi connectivity index (χ0n) is 5.20. The molecule has 0 aliphatic heterocycles.